The van der Waals surface area contributed by atoms with E-state index in [1.807, 2.05) is 52.2 Å². The zero-order valence-corrected chi connectivity index (χ0v) is 13.5. The van der Waals surface area contributed by atoms with Crippen LogP contribution in [0.25, 0.3) is 0 Å². The van der Waals surface area contributed by atoms with Gasteiger partial charge in [-0.1, -0.05) is 0 Å². The first-order valence-electron chi connectivity index (χ1n) is 7.39. The Morgan fingerprint density at radius 2 is 1.90 bits per heavy atom. The van der Waals surface area contributed by atoms with E-state index in [1.54, 1.807) is 0 Å². The van der Waals surface area contributed by atoms with E-state index in [-0.39, 0.29) is 18.6 Å². The molecule has 0 aliphatic heterocycles. The highest BCUT2D eigenvalue weighted by molar-refractivity contribution is 5.80. The third-order valence-electron chi connectivity index (χ3n) is 2.78. The summed E-state index contributed by atoms with van der Waals surface area (Å²) in [5.74, 6) is 0.847. The van der Waals surface area contributed by atoms with E-state index < -0.39 is 0 Å². The van der Waals surface area contributed by atoms with Crippen LogP contribution in [0.4, 0.5) is 5.69 Å². The highest BCUT2D eigenvalue weighted by atomic mass is 16.5. The lowest BCUT2D eigenvalue weighted by Crippen LogP contribution is -2.31. The molecule has 0 atom stereocenters. The maximum Gasteiger partial charge on any atom is 0.239 e. The second kappa shape index (κ2) is 9.23. The molecule has 0 saturated heterocycles. The molecule has 0 fully saturated rings. The van der Waals surface area contributed by atoms with Crippen molar-refractivity contribution in [1.82, 2.24) is 10.2 Å². The van der Waals surface area contributed by atoms with Crippen LogP contribution >= 0.6 is 0 Å². The molecule has 0 bridgehead atoms. The van der Waals surface area contributed by atoms with Crippen LogP contribution < -0.4 is 15.4 Å². The lowest BCUT2D eigenvalue weighted by molar-refractivity contribution is -0.119. The van der Waals surface area contributed by atoms with Gasteiger partial charge in [0.1, 0.15) is 5.75 Å². The summed E-state index contributed by atoms with van der Waals surface area (Å²) in [6.07, 6.45) is 1.12. The molecule has 0 radical (unpaired) electrons. The lowest BCUT2D eigenvalue weighted by atomic mass is 10.3. The topological polar surface area (TPSA) is 53.6 Å². The van der Waals surface area contributed by atoms with E-state index in [0.29, 0.717) is 6.54 Å². The van der Waals surface area contributed by atoms with Gasteiger partial charge in [-0.2, -0.15) is 0 Å². The number of hydrogen-bond donors (Lipinski definition) is 2. The maximum atomic E-state index is 11.7. The number of carbonyl (C=O) groups is 1. The Morgan fingerprint density at radius 3 is 2.48 bits per heavy atom. The predicted molar refractivity (Wildman–Crippen MR) is 86.9 cm³/mol. The average molecular weight is 293 g/mol. The molecule has 1 aromatic carbocycles. The minimum absolute atomic E-state index is 0.0104. The van der Waals surface area contributed by atoms with Crippen molar-refractivity contribution in [2.75, 3.05) is 39.0 Å². The summed E-state index contributed by atoms with van der Waals surface area (Å²) in [6.45, 7) is 5.96. The Labute approximate surface area is 127 Å². The van der Waals surface area contributed by atoms with Gasteiger partial charge in [-0.25, -0.2) is 0 Å². The van der Waals surface area contributed by atoms with Crippen LogP contribution in [0.1, 0.15) is 20.3 Å². The van der Waals surface area contributed by atoms with Gasteiger partial charge in [-0.3, -0.25) is 4.79 Å². The van der Waals surface area contributed by atoms with Crippen LogP contribution in [0, 0.1) is 0 Å². The first-order chi connectivity index (χ1) is 9.97. The van der Waals surface area contributed by atoms with Crippen LogP contribution in [0.3, 0.4) is 0 Å². The van der Waals surface area contributed by atoms with Crippen molar-refractivity contribution in [3.63, 3.8) is 0 Å². The molecule has 5 nitrogen and oxygen atoms in total. The highest BCUT2D eigenvalue weighted by Crippen LogP contribution is 2.16. The fourth-order valence-electron chi connectivity index (χ4n) is 1.79. The van der Waals surface area contributed by atoms with Crippen molar-refractivity contribution in [1.29, 1.82) is 0 Å². The summed E-state index contributed by atoms with van der Waals surface area (Å²) in [5.41, 5.74) is 0.912. The van der Waals surface area contributed by atoms with Gasteiger partial charge in [0, 0.05) is 12.2 Å². The first-order valence-corrected chi connectivity index (χ1v) is 7.39. The van der Waals surface area contributed by atoms with E-state index in [4.69, 9.17) is 4.74 Å². The summed E-state index contributed by atoms with van der Waals surface area (Å²) >= 11 is 0. The van der Waals surface area contributed by atoms with Crippen LogP contribution in [0.15, 0.2) is 24.3 Å². The van der Waals surface area contributed by atoms with Crippen molar-refractivity contribution < 1.29 is 9.53 Å². The second-order valence-electron chi connectivity index (χ2n) is 5.55. The molecule has 5 heteroatoms. The van der Waals surface area contributed by atoms with Gasteiger partial charge in [0.15, 0.2) is 0 Å². The second-order valence-corrected chi connectivity index (χ2v) is 5.55. The Balaban J connectivity index is 2.23. The number of nitrogens with one attached hydrogen (secondary N) is 2. The third kappa shape index (κ3) is 8.19. The van der Waals surface area contributed by atoms with E-state index >= 15 is 0 Å². The van der Waals surface area contributed by atoms with Gasteiger partial charge in [-0.15, -0.1) is 0 Å². The van der Waals surface area contributed by atoms with Gasteiger partial charge >= 0.3 is 0 Å². The zero-order valence-electron chi connectivity index (χ0n) is 13.5. The minimum atomic E-state index is 0.0104. The maximum absolute atomic E-state index is 11.7. The molecule has 1 amide bonds. The number of amides is 1. The molecule has 0 spiro atoms. The Kier molecular flexibility index (Phi) is 7.61. The minimum Gasteiger partial charge on any atom is -0.491 e. The van der Waals surface area contributed by atoms with Gasteiger partial charge in [0.05, 0.1) is 12.6 Å². The summed E-state index contributed by atoms with van der Waals surface area (Å²) < 4.78 is 5.57. The van der Waals surface area contributed by atoms with Crippen molar-refractivity contribution in [2.45, 2.75) is 26.4 Å². The fraction of sp³-hybridized carbons (Fsp3) is 0.562. The lowest BCUT2D eigenvalue weighted by Gasteiger charge is -2.12. The van der Waals surface area contributed by atoms with Crippen molar-refractivity contribution >= 4 is 11.6 Å². The molecule has 118 valence electrons. The average Bonchev–Trinajstić information content (AvgIpc) is 2.42. The molecule has 1 aromatic rings. The quantitative estimate of drug-likeness (QED) is 0.683. The molecule has 0 saturated carbocycles. The van der Waals surface area contributed by atoms with Gasteiger partial charge in [-0.05, 0) is 65.2 Å². The zero-order chi connectivity index (χ0) is 15.7. The monoisotopic (exact) mass is 293 g/mol. The van der Waals surface area contributed by atoms with Crippen LogP contribution in [0.2, 0.25) is 0 Å². The van der Waals surface area contributed by atoms with Crippen LogP contribution in [-0.4, -0.2) is 50.6 Å². The number of carbonyl (C=O) groups excluding carboxylic acids is 1. The van der Waals surface area contributed by atoms with Gasteiger partial charge in [0.25, 0.3) is 0 Å². The van der Waals surface area contributed by atoms with Gasteiger partial charge < -0.3 is 20.3 Å². The Morgan fingerprint density at radius 1 is 1.24 bits per heavy atom. The SMILES string of the molecule is CC(C)Oc1ccc(NCC(=O)NCCCN(C)C)cc1. The fourth-order valence-corrected chi connectivity index (χ4v) is 1.79. The van der Waals surface area contributed by atoms with E-state index in [1.165, 1.54) is 0 Å². The third-order valence-corrected chi connectivity index (χ3v) is 2.78. The normalized spacial score (nSPS) is 10.8. The molecular weight excluding hydrogens is 266 g/mol. The van der Waals surface area contributed by atoms with Crippen molar-refractivity contribution in [3.8, 4) is 5.75 Å². The molecular formula is C16H27N3O2. The standard InChI is InChI=1S/C16H27N3O2/c1-13(2)21-15-8-6-14(7-9-15)18-12-16(20)17-10-5-11-19(3)4/h6-9,13,18H,5,10-12H2,1-4H3,(H,17,20). The molecule has 0 aliphatic rings. The van der Waals surface area contributed by atoms with E-state index in [2.05, 4.69) is 15.5 Å². The number of benzene rings is 1. The number of rotatable bonds is 9. The van der Waals surface area contributed by atoms with Crippen molar-refractivity contribution in [3.05, 3.63) is 24.3 Å². The molecule has 0 aromatic heterocycles. The molecule has 0 heterocycles. The number of anilines is 1. The first kappa shape index (κ1) is 17.3. The number of ether oxygens (including phenoxy) is 1. The molecule has 0 unspecified atom stereocenters. The van der Waals surface area contributed by atoms with E-state index in [9.17, 15) is 4.79 Å². The Hall–Kier alpha value is -1.75. The molecule has 1 rings (SSSR count). The van der Waals surface area contributed by atoms with Crippen LogP contribution in [-0.2, 0) is 4.79 Å². The summed E-state index contributed by atoms with van der Waals surface area (Å²) in [5, 5.41) is 5.99. The Bertz CT molecular complexity index is 416. The largest absolute Gasteiger partial charge is 0.491 e. The highest BCUT2D eigenvalue weighted by Gasteiger charge is 2.02. The summed E-state index contributed by atoms with van der Waals surface area (Å²) in [7, 11) is 4.05. The molecule has 21 heavy (non-hydrogen) atoms. The van der Waals surface area contributed by atoms with E-state index in [0.717, 1.165) is 24.4 Å². The molecule has 0 aliphatic carbocycles. The predicted octanol–water partition coefficient (Wildman–Crippen LogP) is 1.95. The summed E-state index contributed by atoms with van der Waals surface area (Å²) in [4.78, 5) is 13.8. The van der Waals surface area contributed by atoms with Crippen LogP contribution in [0.5, 0.6) is 5.75 Å². The number of nitrogens with zero attached hydrogens (tertiary/aromatic N) is 1. The molecule has 2 N–H and O–H groups in total. The van der Waals surface area contributed by atoms with Gasteiger partial charge in [0.2, 0.25) is 5.91 Å². The summed E-state index contributed by atoms with van der Waals surface area (Å²) in [6, 6.07) is 7.63. The number of hydrogen-bond acceptors (Lipinski definition) is 4. The van der Waals surface area contributed by atoms with Crippen molar-refractivity contribution in [2.24, 2.45) is 0 Å². The smallest absolute Gasteiger partial charge is 0.239 e.